The molecule has 2 aromatic carbocycles. The number of ether oxygens (including phenoxy) is 1. The molecule has 0 aliphatic rings. The third-order valence-corrected chi connectivity index (χ3v) is 5.44. The molecule has 2 heterocycles. The molecule has 0 fully saturated rings. The highest BCUT2D eigenvalue weighted by atomic mass is 35.5. The zero-order valence-electron chi connectivity index (χ0n) is 19.0. The van der Waals surface area contributed by atoms with Crippen molar-refractivity contribution >= 4 is 29.2 Å². The number of hydrogen-bond donors (Lipinski definition) is 2. The van der Waals surface area contributed by atoms with E-state index < -0.39 is 17.3 Å². The minimum atomic E-state index is -1.13. The molecule has 0 atom stereocenters. The number of rotatable bonds is 10. The first-order valence-corrected chi connectivity index (χ1v) is 11.3. The van der Waals surface area contributed by atoms with E-state index in [1.54, 1.807) is 60.9 Å². The number of nitrogens with one attached hydrogen (secondary N) is 1. The summed E-state index contributed by atoms with van der Waals surface area (Å²) in [4.78, 5) is 44.8. The quantitative estimate of drug-likeness (QED) is 0.334. The average molecular weight is 508 g/mol. The van der Waals surface area contributed by atoms with Gasteiger partial charge in [0.05, 0.1) is 13.0 Å². The fraction of sp³-hybridized carbons (Fsp3) is 0.160. The van der Waals surface area contributed by atoms with E-state index in [-0.39, 0.29) is 25.5 Å². The Morgan fingerprint density at radius 1 is 1.00 bits per heavy atom. The minimum absolute atomic E-state index is 0.0237. The van der Waals surface area contributed by atoms with E-state index in [1.165, 1.54) is 4.57 Å². The van der Waals surface area contributed by atoms with E-state index in [1.807, 2.05) is 12.1 Å². The Morgan fingerprint density at radius 3 is 2.42 bits per heavy atom. The second-order valence-electron chi connectivity index (χ2n) is 7.81. The topological polar surface area (TPSA) is 128 Å². The first-order chi connectivity index (χ1) is 17.4. The van der Waals surface area contributed by atoms with Gasteiger partial charge in [0.1, 0.15) is 12.4 Å². The number of carboxylic acids is 1. The van der Waals surface area contributed by atoms with Gasteiger partial charge in [-0.2, -0.15) is 4.98 Å². The molecule has 4 aromatic rings. The van der Waals surface area contributed by atoms with Crippen molar-refractivity contribution in [2.24, 2.45) is 0 Å². The number of nitrogens with zero attached hydrogens (tertiary/aromatic N) is 4. The molecule has 0 radical (unpaired) electrons. The van der Waals surface area contributed by atoms with Crippen LogP contribution in [0.5, 0.6) is 5.75 Å². The normalized spacial score (nSPS) is 10.7. The summed E-state index contributed by atoms with van der Waals surface area (Å²) in [6, 6.07) is 17.6. The van der Waals surface area contributed by atoms with E-state index in [2.05, 4.69) is 15.3 Å². The summed E-state index contributed by atoms with van der Waals surface area (Å²) in [6.45, 7) is 0.159. The van der Waals surface area contributed by atoms with Crippen LogP contribution in [0.1, 0.15) is 17.5 Å². The highest BCUT2D eigenvalue weighted by Gasteiger charge is 2.15. The SMILES string of the molecule is O=C(O)CCn1c(=O)nc(Nc2ccc(OCc3cccnc3)cc2)n(Cc2ccc(Cl)cc2)c1=O. The Balaban J connectivity index is 1.59. The van der Waals surface area contributed by atoms with Crippen molar-refractivity contribution < 1.29 is 14.6 Å². The van der Waals surface area contributed by atoms with Gasteiger partial charge in [-0.15, -0.1) is 0 Å². The molecule has 0 bridgehead atoms. The van der Waals surface area contributed by atoms with E-state index in [0.717, 1.165) is 15.7 Å². The highest BCUT2D eigenvalue weighted by Crippen LogP contribution is 2.20. The lowest BCUT2D eigenvalue weighted by Crippen LogP contribution is -2.43. The Labute approximate surface area is 210 Å². The van der Waals surface area contributed by atoms with Gasteiger partial charge in [-0.1, -0.05) is 29.8 Å². The number of hydrogen-bond acceptors (Lipinski definition) is 7. The van der Waals surface area contributed by atoms with Crippen LogP contribution in [0, 0.1) is 0 Å². The van der Waals surface area contributed by atoms with E-state index in [0.29, 0.717) is 23.1 Å². The van der Waals surface area contributed by atoms with Gasteiger partial charge < -0.3 is 15.2 Å². The van der Waals surface area contributed by atoms with Crippen molar-refractivity contribution in [3.8, 4) is 5.75 Å². The molecule has 11 heteroatoms. The molecule has 0 amide bonds. The van der Waals surface area contributed by atoms with Gasteiger partial charge in [-0.25, -0.2) is 14.2 Å². The average Bonchev–Trinajstić information content (AvgIpc) is 2.87. The van der Waals surface area contributed by atoms with E-state index in [4.69, 9.17) is 21.4 Å². The Hall–Kier alpha value is -4.44. The van der Waals surface area contributed by atoms with Crippen LogP contribution in [-0.4, -0.2) is 30.2 Å². The first-order valence-electron chi connectivity index (χ1n) is 11.0. The van der Waals surface area contributed by atoms with Crippen LogP contribution in [0.4, 0.5) is 11.6 Å². The number of benzene rings is 2. The summed E-state index contributed by atoms with van der Waals surface area (Å²) in [6.07, 6.45) is 3.03. The number of aliphatic carboxylic acids is 1. The lowest BCUT2D eigenvalue weighted by atomic mass is 10.2. The van der Waals surface area contributed by atoms with Crippen LogP contribution in [0.3, 0.4) is 0 Å². The van der Waals surface area contributed by atoms with Crippen LogP contribution < -0.4 is 21.4 Å². The van der Waals surface area contributed by atoms with E-state index >= 15 is 0 Å². The lowest BCUT2D eigenvalue weighted by Gasteiger charge is -2.16. The molecule has 36 heavy (non-hydrogen) atoms. The van der Waals surface area contributed by atoms with E-state index in [9.17, 15) is 14.4 Å². The van der Waals surface area contributed by atoms with Gasteiger partial charge in [-0.3, -0.25) is 14.3 Å². The van der Waals surface area contributed by atoms with Crippen molar-refractivity contribution in [3.05, 3.63) is 110 Å². The summed E-state index contributed by atoms with van der Waals surface area (Å²) in [7, 11) is 0. The van der Waals surface area contributed by atoms with Crippen molar-refractivity contribution in [3.63, 3.8) is 0 Å². The van der Waals surface area contributed by atoms with Gasteiger partial charge in [0.15, 0.2) is 0 Å². The molecule has 2 aromatic heterocycles. The predicted molar refractivity (Wildman–Crippen MR) is 134 cm³/mol. The second kappa shape index (κ2) is 11.3. The van der Waals surface area contributed by atoms with Crippen LogP contribution in [-0.2, 0) is 24.5 Å². The second-order valence-corrected chi connectivity index (χ2v) is 8.24. The molecule has 0 aliphatic heterocycles. The molecule has 184 valence electrons. The summed E-state index contributed by atoms with van der Waals surface area (Å²) in [5.74, 6) is -0.478. The molecular weight excluding hydrogens is 486 g/mol. The predicted octanol–water partition coefficient (Wildman–Crippen LogP) is 3.30. The van der Waals surface area contributed by atoms with Crippen LogP contribution in [0.25, 0.3) is 0 Å². The number of pyridine rings is 1. The molecule has 0 spiro atoms. The van der Waals surface area contributed by atoms with Crippen LogP contribution in [0.15, 0.2) is 82.6 Å². The maximum atomic E-state index is 13.2. The molecule has 0 unspecified atom stereocenters. The molecule has 2 N–H and O–H groups in total. The fourth-order valence-electron chi connectivity index (χ4n) is 3.35. The first kappa shape index (κ1) is 24.7. The zero-order chi connectivity index (χ0) is 25.5. The fourth-order valence-corrected chi connectivity index (χ4v) is 3.48. The maximum absolute atomic E-state index is 13.2. The number of carbonyl (C=O) groups is 1. The zero-order valence-corrected chi connectivity index (χ0v) is 19.8. The number of halogens is 1. The largest absolute Gasteiger partial charge is 0.489 e. The lowest BCUT2D eigenvalue weighted by molar-refractivity contribution is -0.137. The monoisotopic (exact) mass is 507 g/mol. The molecule has 0 saturated carbocycles. The maximum Gasteiger partial charge on any atom is 0.354 e. The van der Waals surface area contributed by atoms with Gasteiger partial charge in [0.25, 0.3) is 0 Å². The summed E-state index contributed by atoms with van der Waals surface area (Å²) in [5.41, 5.74) is 0.730. The van der Waals surface area contributed by atoms with Crippen molar-refractivity contribution in [2.45, 2.75) is 26.1 Å². The number of aromatic nitrogens is 4. The van der Waals surface area contributed by atoms with Crippen molar-refractivity contribution in [1.29, 1.82) is 0 Å². The summed E-state index contributed by atoms with van der Waals surface area (Å²) < 4.78 is 7.85. The third-order valence-electron chi connectivity index (χ3n) is 5.19. The molecule has 0 saturated heterocycles. The molecule has 0 aliphatic carbocycles. The Kier molecular flexibility index (Phi) is 7.76. The minimum Gasteiger partial charge on any atom is -0.489 e. The highest BCUT2D eigenvalue weighted by molar-refractivity contribution is 6.30. The third kappa shape index (κ3) is 6.36. The molecular formula is C25H22ClN5O5. The standard InChI is InChI=1S/C25H22ClN5O5/c26-19-5-3-17(4-6-19)15-31-23(29-24(34)30(25(31)35)13-11-22(32)33)28-20-7-9-21(10-8-20)36-16-18-2-1-12-27-14-18/h1-10,12,14H,11,13,15-16H2,(H,32,33)(H,28,29,34). The van der Waals surface area contributed by atoms with Crippen molar-refractivity contribution in [2.75, 3.05) is 5.32 Å². The summed E-state index contributed by atoms with van der Waals surface area (Å²) >= 11 is 5.96. The van der Waals surface area contributed by atoms with Gasteiger partial charge in [0, 0.05) is 35.2 Å². The molecule has 10 nitrogen and oxygen atoms in total. The van der Waals surface area contributed by atoms with Gasteiger partial charge in [-0.05, 0) is 48.0 Å². The van der Waals surface area contributed by atoms with Crippen LogP contribution >= 0.6 is 11.6 Å². The number of anilines is 2. The van der Waals surface area contributed by atoms with Crippen LogP contribution in [0.2, 0.25) is 5.02 Å². The smallest absolute Gasteiger partial charge is 0.354 e. The van der Waals surface area contributed by atoms with Gasteiger partial charge in [0.2, 0.25) is 5.95 Å². The summed E-state index contributed by atoms with van der Waals surface area (Å²) in [5, 5.41) is 12.5. The van der Waals surface area contributed by atoms with Crippen molar-refractivity contribution in [1.82, 2.24) is 19.1 Å². The molecule has 4 rings (SSSR count). The van der Waals surface area contributed by atoms with Gasteiger partial charge >= 0.3 is 17.3 Å². The Bertz CT molecular complexity index is 1450. The number of carboxylic acid groups (broad SMARTS) is 1. The Morgan fingerprint density at radius 2 is 1.75 bits per heavy atom.